The summed E-state index contributed by atoms with van der Waals surface area (Å²) in [6.45, 7) is 3.09. The fourth-order valence-electron chi connectivity index (χ4n) is 2.02. The number of carbonyl (C=O) groups is 2. The monoisotopic (exact) mass is 458 g/mol. The summed E-state index contributed by atoms with van der Waals surface area (Å²) in [7, 11) is 1.23. The van der Waals surface area contributed by atoms with E-state index in [1.165, 1.54) is 25.8 Å². The van der Waals surface area contributed by atoms with Gasteiger partial charge in [-0.2, -0.15) is 0 Å². The molecule has 26 heavy (non-hydrogen) atoms. The van der Waals surface area contributed by atoms with E-state index in [4.69, 9.17) is 20.9 Å². The Morgan fingerprint density at radius 2 is 2.12 bits per heavy atom. The van der Waals surface area contributed by atoms with Crippen molar-refractivity contribution in [3.05, 3.63) is 55.8 Å². The number of thioether (sulfide) groups is 1. The van der Waals surface area contributed by atoms with E-state index in [-0.39, 0.29) is 5.57 Å². The summed E-state index contributed by atoms with van der Waals surface area (Å²) in [4.78, 5) is 24.2. The second-order valence-electron chi connectivity index (χ2n) is 5.22. The van der Waals surface area contributed by atoms with Gasteiger partial charge in [0.2, 0.25) is 0 Å². The molecule has 0 spiro atoms. The van der Waals surface area contributed by atoms with Gasteiger partial charge in [0.05, 0.1) is 23.5 Å². The van der Waals surface area contributed by atoms with E-state index < -0.39 is 11.8 Å². The van der Waals surface area contributed by atoms with Crippen molar-refractivity contribution < 1.29 is 18.8 Å². The van der Waals surface area contributed by atoms with E-state index in [0.717, 1.165) is 4.47 Å². The predicted molar refractivity (Wildman–Crippen MR) is 105 cm³/mol. The molecule has 6 nitrogen and oxygen atoms in total. The highest BCUT2D eigenvalue weighted by molar-refractivity contribution is 9.10. The van der Waals surface area contributed by atoms with Gasteiger partial charge in [-0.3, -0.25) is 4.79 Å². The highest BCUT2D eigenvalue weighted by Gasteiger charge is 2.22. The lowest BCUT2D eigenvalue weighted by atomic mass is 10.2. The largest absolute Gasteiger partial charge is 0.465 e. The standard InChI is InChI=1S/C17H16BrClN2O4S/c1-9-6-12(21-25-9)8-26-16(15(10(2)22)17(23)24-3)20-14-7-11(19)4-5-13(14)18/h4-7,20H,8H2,1-3H3/b16-15+. The summed E-state index contributed by atoms with van der Waals surface area (Å²) in [5.41, 5.74) is 1.22. The molecule has 0 saturated heterocycles. The van der Waals surface area contributed by atoms with Gasteiger partial charge in [-0.05, 0) is 48.0 Å². The van der Waals surface area contributed by atoms with E-state index in [9.17, 15) is 9.59 Å². The van der Waals surface area contributed by atoms with Gasteiger partial charge in [0.15, 0.2) is 5.78 Å². The number of Topliss-reactive ketones (excluding diaryl/α,β-unsaturated/α-hetero) is 1. The van der Waals surface area contributed by atoms with Crippen molar-refractivity contribution in [2.24, 2.45) is 0 Å². The molecule has 0 fully saturated rings. The average molecular weight is 460 g/mol. The van der Waals surface area contributed by atoms with Crippen molar-refractivity contribution >= 4 is 56.7 Å². The van der Waals surface area contributed by atoms with Crippen LogP contribution in [0.15, 0.2) is 43.9 Å². The summed E-state index contributed by atoms with van der Waals surface area (Å²) in [5, 5.41) is 7.86. The Hall–Kier alpha value is -1.77. The fourth-order valence-corrected chi connectivity index (χ4v) is 3.52. The first-order valence-electron chi connectivity index (χ1n) is 7.42. The summed E-state index contributed by atoms with van der Waals surface area (Å²) >= 11 is 10.7. The summed E-state index contributed by atoms with van der Waals surface area (Å²) in [5.74, 6) is -0.0641. The zero-order chi connectivity index (χ0) is 19.3. The van der Waals surface area contributed by atoms with Crippen LogP contribution in [0.5, 0.6) is 0 Å². The molecule has 2 aromatic rings. The van der Waals surface area contributed by atoms with E-state index >= 15 is 0 Å². The number of rotatable bonds is 7. The Bertz CT molecular complexity index is 866. The number of hydrogen-bond acceptors (Lipinski definition) is 7. The minimum absolute atomic E-state index is 0.0791. The quantitative estimate of drug-likeness (QED) is 0.278. The molecule has 0 saturated carbocycles. The minimum Gasteiger partial charge on any atom is -0.465 e. The maximum atomic E-state index is 12.1. The molecule has 1 N–H and O–H groups in total. The Balaban J connectivity index is 2.40. The Labute approximate surface area is 168 Å². The number of esters is 1. The van der Waals surface area contributed by atoms with E-state index in [1.807, 2.05) is 0 Å². The van der Waals surface area contributed by atoms with Crippen LogP contribution in [0, 0.1) is 6.92 Å². The lowest BCUT2D eigenvalue weighted by Gasteiger charge is -2.15. The van der Waals surface area contributed by atoms with Gasteiger partial charge in [-0.25, -0.2) is 4.79 Å². The van der Waals surface area contributed by atoms with Crippen molar-refractivity contribution in [2.75, 3.05) is 12.4 Å². The number of anilines is 1. The molecule has 0 aliphatic heterocycles. The van der Waals surface area contributed by atoms with Crippen LogP contribution in [0.1, 0.15) is 18.4 Å². The number of ether oxygens (including phenoxy) is 1. The third kappa shape index (κ3) is 5.36. The average Bonchev–Trinajstić information content (AvgIpc) is 3.00. The SMILES string of the molecule is COC(=O)/C(C(C)=O)=C(\Nc1cc(Cl)ccc1Br)SCc1cc(C)on1. The van der Waals surface area contributed by atoms with Gasteiger partial charge in [0.25, 0.3) is 0 Å². The Morgan fingerprint density at radius 3 is 2.69 bits per heavy atom. The molecule has 2 rings (SSSR count). The zero-order valence-corrected chi connectivity index (χ0v) is 17.4. The number of benzene rings is 1. The highest BCUT2D eigenvalue weighted by atomic mass is 79.9. The van der Waals surface area contributed by atoms with Gasteiger partial charge in [0.1, 0.15) is 11.3 Å². The van der Waals surface area contributed by atoms with Gasteiger partial charge in [-0.15, -0.1) is 11.8 Å². The predicted octanol–water partition coefficient (Wildman–Crippen LogP) is 4.72. The normalized spacial score (nSPS) is 11.7. The molecular formula is C17H16BrClN2O4S. The molecule has 0 atom stereocenters. The van der Waals surface area contributed by atoms with Gasteiger partial charge >= 0.3 is 5.97 Å². The number of carbonyl (C=O) groups excluding carboxylic acids is 2. The van der Waals surface area contributed by atoms with Crippen molar-refractivity contribution in [2.45, 2.75) is 19.6 Å². The lowest BCUT2D eigenvalue weighted by molar-refractivity contribution is -0.137. The second kappa shape index (κ2) is 9.25. The number of aromatic nitrogens is 1. The smallest absolute Gasteiger partial charge is 0.344 e. The van der Waals surface area contributed by atoms with Crippen LogP contribution in [0.4, 0.5) is 5.69 Å². The number of aryl methyl sites for hydroxylation is 1. The lowest BCUT2D eigenvalue weighted by Crippen LogP contribution is -2.17. The van der Waals surface area contributed by atoms with E-state index in [1.54, 1.807) is 31.2 Å². The van der Waals surface area contributed by atoms with Gasteiger partial charge in [-0.1, -0.05) is 16.8 Å². The van der Waals surface area contributed by atoms with Gasteiger partial charge in [0, 0.05) is 21.3 Å². The van der Waals surface area contributed by atoms with Crippen molar-refractivity contribution in [3.63, 3.8) is 0 Å². The molecule has 0 aliphatic rings. The molecule has 1 heterocycles. The van der Waals surface area contributed by atoms with Crippen LogP contribution in [0.25, 0.3) is 0 Å². The van der Waals surface area contributed by atoms with E-state index in [2.05, 4.69) is 26.4 Å². The van der Waals surface area contributed by atoms with Crippen LogP contribution < -0.4 is 5.32 Å². The number of nitrogens with one attached hydrogen (secondary N) is 1. The number of nitrogens with zero attached hydrogens (tertiary/aromatic N) is 1. The Kier molecular flexibility index (Phi) is 7.31. The van der Waals surface area contributed by atoms with Crippen molar-refractivity contribution in [3.8, 4) is 0 Å². The second-order valence-corrected chi connectivity index (χ2v) is 7.50. The van der Waals surface area contributed by atoms with Crippen LogP contribution >= 0.6 is 39.3 Å². The first kappa shape index (κ1) is 20.5. The van der Waals surface area contributed by atoms with Gasteiger partial charge < -0.3 is 14.6 Å². The molecule has 1 aromatic heterocycles. The maximum Gasteiger partial charge on any atom is 0.344 e. The molecular weight excluding hydrogens is 444 g/mol. The highest BCUT2D eigenvalue weighted by Crippen LogP contribution is 2.32. The van der Waals surface area contributed by atoms with Crippen LogP contribution in [-0.2, 0) is 20.1 Å². The molecule has 0 radical (unpaired) electrons. The number of ketones is 1. The van der Waals surface area contributed by atoms with Crippen LogP contribution in [-0.4, -0.2) is 24.0 Å². The van der Waals surface area contributed by atoms with Crippen LogP contribution in [0.3, 0.4) is 0 Å². The first-order valence-corrected chi connectivity index (χ1v) is 9.58. The molecule has 1 aromatic carbocycles. The molecule has 0 bridgehead atoms. The number of halogens is 2. The molecule has 9 heteroatoms. The first-order chi connectivity index (χ1) is 12.3. The molecule has 0 unspecified atom stereocenters. The third-order valence-corrected chi connectivity index (χ3v) is 5.15. The third-order valence-electron chi connectivity index (χ3n) is 3.19. The molecule has 138 valence electrons. The Morgan fingerprint density at radius 1 is 1.38 bits per heavy atom. The van der Waals surface area contributed by atoms with Crippen molar-refractivity contribution in [1.29, 1.82) is 0 Å². The number of methoxy groups -OCH3 is 1. The molecule has 0 amide bonds. The topological polar surface area (TPSA) is 81.4 Å². The number of hydrogen-bond donors (Lipinski definition) is 1. The zero-order valence-electron chi connectivity index (χ0n) is 14.3. The van der Waals surface area contributed by atoms with Crippen LogP contribution in [0.2, 0.25) is 5.02 Å². The minimum atomic E-state index is -0.720. The summed E-state index contributed by atoms with van der Waals surface area (Å²) < 4.78 is 10.5. The maximum absolute atomic E-state index is 12.1. The van der Waals surface area contributed by atoms with E-state index in [0.29, 0.717) is 32.9 Å². The van der Waals surface area contributed by atoms with Crippen molar-refractivity contribution in [1.82, 2.24) is 5.16 Å². The summed E-state index contributed by atoms with van der Waals surface area (Å²) in [6.07, 6.45) is 0. The molecule has 0 aliphatic carbocycles. The summed E-state index contributed by atoms with van der Waals surface area (Å²) in [6, 6.07) is 6.95. The fraction of sp³-hybridized carbons (Fsp3) is 0.235.